The lowest BCUT2D eigenvalue weighted by molar-refractivity contribution is -0.0360. The number of carbonyl (C=O) groups excluding carboxylic acids is 1. The van der Waals surface area contributed by atoms with Gasteiger partial charge in [-0.1, -0.05) is 72.8 Å². The highest BCUT2D eigenvalue weighted by Gasteiger charge is 2.46. The molecule has 1 saturated carbocycles. The van der Waals surface area contributed by atoms with Gasteiger partial charge in [0.1, 0.15) is 17.1 Å². The Hall–Kier alpha value is -5.41. The van der Waals surface area contributed by atoms with E-state index in [4.69, 9.17) is 23.3 Å². The van der Waals surface area contributed by atoms with Crippen LogP contribution in [0.15, 0.2) is 125 Å². The number of nitriles is 1. The fourth-order valence-electron chi connectivity index (χ4n) is 8.24. The van der Waals surface area contributed by atoms with Crippen LogP contribution >= 0.6 is 8.53 Å². The van der Waals surface area contributed by atoms with Crippen LogP contribution in [0.5, 0.6) is 11.5 Å². The summed E-state index contributed by atoms with van der Waals surface area (Å²) in [6.45, 7) is 10.2. The Labute approximate surface area is 359 Å². The minimum absolute atomic E-state index is 0.0498. The molecule has 61 heavy (non-hydrogen) atoms. The predicted octanol–water partition coefficient (Wildman–Crippen LogP) is 8.65. The standard InChI is InChI=1S/C48H55N4O8P/c1-33(2)52(34(3)4)61(59-30-14-29-49)60-44-28-27-43(50-31-35(5)45(53)51(47(50)55)46(54)36-15-10-8-11-16-36)42(44)32-58-48(37-17-12-9-13-18-37,38-19-23-40(56-6)24-20-38)39-21-25-41(57-7)26-22-39/h8-13,15-26,31,33-34,42-44H,14,27-28,30,32H2,1-7H3/t42-,43-,44-,61?/m0/s1. The van der Waals surface area contributed by atoms with E-state index in [1.54, 1.807) is 57.7 Å². The van der Waals surface area contributed by atoms with E-state index in [1.807, 2.05) is 78.9 Å². The largest absolute Gasteiger partial charge is 0.497 e. The lowest BCUT2D eigenvalue weighted by atomic mass is 9.79. The molecule has 13 heteroatoms. The molecule has 5 aromatic rings. The van der Waals surface area contributed by atoms with Crippen molar-refractivity contribution < 1.29 is 28.1 Å². The Balaban J connectivity index is 1.52. The number of rotatable bonds is 18. The number of ether oxygens (including phenoxy) is 3. The second-order valence-corrected chi connectivity index (χ2v) is 17.0. The van der Waals surface area contributed by atoms with E-state index in [0.29, 0.717) is 24.3 Å². The molecule has 1 aliphatic rings. The predicted molar refractivity (Wildman–Crippen MR) is 236 cm³/mol. The van der Waals surface area contributed by atoms with Crippen LogP contribution in [-0.4, -0.2) is 65.3 Å². The Morgan fingerprint density at radius 2 is 1.36 bits per heavy atom. The fourth-order valence-corrected chi connectivity index (χ4v) is 10.0. The van der Waals surface area contributed by atoms with Crippen LogP contribution in [0.1, 0.15) is 85.6 Å². The number of hydrogen-bond acceptors (Lipinski definition) is 10. The first-order chi connectivity index (χ1) is 29.4. The molecular formula is C48H55N4O8P. The van der Waals surface area contributed by atoms with Crippen LogP contribution in [-0.2, 0) is 19.4 Å². The second kappa shape index (κ2) is 20.4. The van der Waals surface area contributed by atoms with Crippen LogP contribution < -0.4 is 20.7 Å². The number of benzene rings is 4. The molecule has 4 aromatic carbocycles. The van der Waals surface area contributed by atoms with Gasteiger partial charge in [-0.25, -0.2) is 9.46 Å². The third-order valence-corrected chi connectivity index (χ3v) is 13.3. The molecule has 0 bridgehead atoms. The number of methoxy groups -OCH3 is 2. The summed E-state index contributed by atoms with van der Waals surface area (Å²) in [5.41, 5.74) is 0.403. The molecule has 0 N–H and O–H groups in total. The van der Waals surface area contributed by atoms with Gasteiger partial charge in [-0.15, -0.1) is 0 Å². The van der Waals surface area contributed by atoms with Gasteiger partial charge in [-0.3, -0.25) is 14.2 Å². The molecule has 320 valence electrons. The van der Waals surface area contributed by atoms with Crippen molar-refractivity contribution in [1.82, 2.24) is 13.8 Å². The van der Waals surface area contributed by atoms with Crippen molar-refractivity contribution in [1.29, 1.82) is 5.26 Å². The van der Waals surface area contributed by atoms with E-state index in [0.717, 1.165) is 21.3 Å². The van der Waals surface area contributed by atoms with Gasteiger partial charge in [-0.05, 0) is 101 Å². The van der Waals surface area contributed by atoms with Gasteiger partial charge in [0.25, 0.3) is 20.0 Å². The molecule has 0 spiro atoms. The van der Waals surface area contributed by atoms with E-state index >= 15 is 0 Å². The quantitative estimate of drug-likeness (QED) is 0.0479. The first kappa shape index (κ1) is 45.1. The molecule has 1 fully saturated rings. The van der Waals surface area contributed by atoms with E-state index in [1.165, 1.54) is 4.57 Å². The highest BCUT2D eigenvalue weighted by molar-refractivity contribution is 7.44. The third-order valence-electron chi connectivity index (χ3n) is 11.1. The summed E-state index contributed by atoms with van der Waals surface area (Å²) < 4.78 is 36.5. The summed E-state index contributed by atoms with van der Waals surface area (Å²) in [6.07, 6.45) is 2.24. The summed E-state index contributed by atoms with van der Waals surface area (Å²) >= 11 is 0. The molecule has 0 saturated heterocycles. The van der Waals surface area contributed by atoms with E-state index in [-0.39, 0.29) is 42.8 Å². The monoisotopic (exact) mass is 846 g/mol. The zero-order valence-electron chi connectivity index (χ0n) is 35.9. The van der Waals surface area contributed by atoms with Crippen molar-refractivity contribution in [2.24, 2.45) is 5.92 Å². The SMILES string of the molecule is COc1ccc(C(OC[C@@H]2[C@@H](OP(OCCC#N)N(C(C)C)C(C)C)CC[C@@H]2n2cc(C)c(=O)n(C(=O)c3ccccc3)c2=O)(c2ccccc2)c2ccc(OC)cc2)cc1. The molecule has 4 atom stereocenters. The minimum atomic E-state index is -1.69. The molecule has 0 aliphatic heterocycles. The lowest BCUT2D eigenvalue weighted by Gasteiger charge is -2.40. The molecule has 0 amide bonds. The zero-order chi connectivity index (χ0) is 43.7. The summed E-state index contributed by atoms with van der Waals surface area (Å²) in [5, 5.41) is 9.42. The van der Waals surface area contributed by atoms with E-state index in [9.17, 15) is 19.6 Å². The average molecular weight is 847 g/mol. The van der Waals surface area contributed by atoms with Crippen LogP contribution in [0.25, 0.3) is 0 Å². The minimum Gasteiger partial charge on any atom is -0.497 e. The van der Waals surface area contributed by atoms with Crippen LogP contribution in [0.4, 0.5) is 0 Å². The Morgan fingerprint density at radius 1 is 0.820 bits per heavy atom. The number of carbonyl (C=O) groups is 1. The van der Waals surface area contributed by atoms with Crippen LogP contribution in [0.3, 0.4) is 0 Å². The summed E-state index contributed by atoms with van der Waals surface area (Å²) in [7, 11) is 1.56. The van der Waals surface area contributed by atoms with Gasteiger partial charge in [0.15, 0.2) is 0 Å². The molecule has 0 radical (unpaired) electrons. The van der Waals surface area contributed by atoms with Crippen molar-refractivity contribution in [3.63, 3.8) is 0 Å². The summed E-state index contributed by atoms with van der Waals surface area (Å²) in [5.74, 6) is 0.168. The van der Waals surface area contributed by atoms with Crippen molar-refractivity contribution in [2.45, 2.75) is 83.7 Å². The highest BCUT2D eigenvalue weighted by atomic mass is 31.2. The average Bonchev–Trinajstić information content (AvgIpc) is 3.67. The van der Waals surface area contributed by atoms with Crippen molar-refractivity contribution in [3.05, 3.63) is 164 Å². The topological polar surface area (TPSA) is 134 Å². The molecule has 12 nitrogen and oxygen atoms in total. The van der Waals surface area contributed by atoms with Gasteiger partial charge in [0, 0.05) is 41.4 Å². The first-order valence-corrected chi connectivity index (χ1v) is 21.8. The Morgan fingerprint density at radius 3 is 1.89 bits per heavy atom. The lowest BCUT2D eigenvalue weighted by Crippen LogP contribution is -2.47. The Bertz CT molecular complexity index is 2320. The third kappa shape index (κ3) is 9.73. The molecule has 6 rings (SSSR count). The summed E-state index contributed by atoms with van der Waals surface area (Å²) in [6, 6.07) is 35.5. The second-order valence-electron chi connectivity index (χ2n) is 15.6. The molecule has 1 aromatic heterocycles. The molecular weight excluding hydrogens is 792 g/mol. The van der Waals surface area contributed by atoms with E-state index in [2.05, 4.69) is 38.4 Å². The van der Waals surface area contributed by atoms with Crippen LogP contribution in [0, 0.1) is 24.2 Å². The highest BCUT2D eigenvalue weighted by Crippen LogP contribution is 2.52. The van der Waals surface area contributed by atoms with Gasteiger partial charge in [0.2, 0.25) is 0 Å². The van der Waals surface area contributed by atoms with Gasteiger partial charge in [-0.2, -0.15) is 9.83 Å². The van der Waals surface area contributed by atoms with Gasteiger partial charge in [0.05, 0.1) is 46.0 Å². The van der Waals surface area contributed by atoms with Crippen molar-refractivity contribution in [2.75, 3.05) is 27.4 Å². The normalized spacial score (nSPS) is 17.1. The maximum atomic E-state index is 14.6. The van der Waals surface area contributed by atoms with Gasteiger partial charge >= 0.3 is 5.69 Å². The maximum Gasteiger partial charge on any atom is 0.338 e. The smallest absolute Gasteiger partial charge is 0.338 e. The molecule has 1 heterocycles. The summed E-state index contributed by atoms with van der Waals surface area (Å²) in [4.78, 5) is 42.1. The number of hydrogen-bond donors (Lipinski definition) is 0. The molecule has 1 unspecified atom stereocenters. The van der Waals surface area contributed by atoms with E-state index < -0.39 is 49.3 Å². The van der Waals surface area contributed by atoms with Crippen LogP contribution in [0.2, 0.25) is 0 Å². The first-order valence-electron chi connectivity index (χ1n) is 20.6. The molecule has 1 aliphatic carbocycles. The number of aryl methyl sites for hydroxylation is 1. The van der Waals surface area contributed by atoms with Gasteiger partial charge < -0.3 is 23.3 Å². The zero-order valence-corrected chi connectivity index (χ0v) is 36.8. The number of nitrogens with zero attached hydrogens (tertiary/aromatic N) is 4. The van der Waals surface area contributed by atoms with Crippen molar-refractivity contribution in [3.8, 4) is 17.6 Å². The number of aromatic nitrogens is 2. The van der Waals surface area contributed by atoms with Crippen molar-refractivity contribution >= 4 is 14.4 Å². The maximum absolute atomic E-state index is 14.6. The Kier molecular flexibility index (Phi) is 15.1. The fraction of sp³-hybridized carbons (Fsp3) is 0.375.